The van der Waals surface area contributed by atoms with Crippen molar-refractivity contribution in [3.63, 3.8) is 0 Å². The lowest BCUT2D eigenvalue weighted by Gasteiger charge is -2.28. The van der Waals surface area contributed by atoms with Crippen molar-refractivity contribution in [3.05, 3.63) is 48.2 Å². The average Bonchev–Trinajstić information content (AvgIpc) is 3.59. The van der Waals surface area contributed by atoms with Crippen molar-refractivity contribution >= 4 is 17.5 Å². The van der Waals surface area contributed by atoms with Crippen molar-refractivity contribution < 1.29 is 14.7 Å². The van der Waals surface area contributed by atoms with Gasteiger partial charge in [0.1, 0.15) is 5.69 Å². The van der Waals surface area contributed by atoms with Gasteiger partial charge in [-0.25, -0.2) is 4.98 Å². The van der Waals surface area contributed by atoms with Crippen LogP contribution in [-0.2, 0) is 6.54 Å². The number of nitrogens with zero attached hydrogens (tertiary/aromatic N) is 5. The molecule has 3 aromatic rings. The third-order valence-corrected chi connectivity index (χ3v) is 7.67. The molecular weight excluding hydrogens is 482 g/mol. The lowest BCUT2D eigenvalue weighted by atomic mass is 9.83. The standard InChI is InChI=1S/C28H37N7O3/c36-16-6-7-20-10-12-22(13-11-20)35-19-25-26(33-35)28(38)29-14-3-1-2-4-15-34-18-21(17-30-34)23-8-5-9-24(31-23)27(37)32-25/h5,8-9,17-20,22,36H,1-4,6-7,10-16H2,(H,29,38)(H,32,37). The van der Waals surface area contributed by atoms with E-state index < -0.39 is 0 Å². The number of fused-ring (bicyclic) bond motifs is 6. The molecule has 202 valence electrons. The van der Waals surface area contributed by atoms with Gasteiger partial charge in [-0.2, -0.15) is 10.2 Å². The van der Waals surface area contributed by atoms with Crippen LogP contribution < -0.4 is 10.6 Å². The Kier molecular flexibility index (Phi) is 8.47. The van der Waals surface area contributed by atoms with Crippen LogP contribution in [0.15, 0.2) is 36.8 Å². The van der Waals surface area contributed by atoms with Crippen molar-refractivity contribution in [1.82, 2.24) is 29.9 Å². The Hall–Kier alpha value is -3.53. The number of aryl methyl sites for hydroxylation is 1. The van der Waals surface area contributed by atoms with Gasteiger partial charge in [0.2, 0.25) is 0 Å². The highest BCUT2D eigenvalue weighted by Gasteiger charge is 2.26. The molecule has 0 aromatic carbocycles. The molecule has 10 heteroatoms. The fraction of sp³-hybridized carbons (Fsp3) is 0.536. The van der Waals surface area contributed by atoms with Crippen LogP contribution in [0.25, 0.3) is 11.3 Å². The third kappa shape index (κ3) is 6.30. The highest BCUT2D eigenvalue weighted by Crippen LogP contribution is 2.35. The summed E-state index contributed by atoms with van der Waals surface area (Å²) in [7, 11) is 0. The van der Waals surface area contributed by atoms with Crippen LogP contribution in [-0.4, -0.2) is 54.6 Å². The zero-order chi connectivity index (χ0) is 26.3. The molecule has 0 unspecified atom stereocenters. The first kappa shape index (κ1) is 26.1. The van der Waals surface area contributed by atoms with Crippen LogP contribution in [0, 0.1) is 5.92 Å². The Bertz CT molecular complexity index is 1240. The lowest BCUT2D eigenvalue weighted by Crippen LogP contribution is -2.27. The number of aliphatic hydroxyl groups excluding tert-OH is 1. The Morgan fingerprint density at radius 1 is 0.974 bits per heavy atom. The second kappa shape index (κ2) is 12.3. The maximum absolute atomic E-state index is 13.2. The molecule has 10 nitrogen and oxygen atoms in total. The van der Waals surface area contributed by atoms with Gasteiger partial charge in [-0.05, 0) is 69.4 Å². The van der Waals surface area contributed by atoms with E-state index in [9.17, 15) is 9.59 Å². The minimum atomic E-state index is -0.387. The van der Waals surface area contributed by atoms with Crippen molar-refractivity contribution in [2.45, 2.75) is 76.8 Å². The van der Waals surface area contributed by atoms with Gasteiger partial charge < -0.3 is 15.7 Å². The summed E-state index contributed by atoms with van der Waals surface area (Å²) < 4.78 is 3.77. The molecule has 1 aliphatic heterocycles. The molecule has 3 N–H and O–H groups in total. The topological polar surface area (TPSA) is 127 Å². The van der Waals surface area contributed by atoms with E-state index in [1.165, 1.54) is 0 Å². The molecule has 0 atom stereocenters. The molecule has 3 aromatic heterocycles. The number of hydrogen-bond donors (Lipinski definition) is 3. The minimum Gasteiger partial charge on any atom is -0.396 e. The van der Waals surface area contributed by atoms with Gasteiger partial charge in [0.15, 0.2) is 5.69 Å². The van der Waals surface area contributed by atoms with Crippen LogP contribution in [0.4, 0.5) is 5.69 Å². The van der Waals surface area contributed by atoms with E-state index in [1.54, 1.807) is 24.5 Å². The molecule has 4 bridgehead atoms. The minimum absolute atomic E-state index is 0.178. The van der Waals surface area contributed by atoms with E-state index in [1.807, 2.05) is 21.6 Å². The summed E-state index contributed by atoms with van der Waals surface area (Å²) in [5.41, 5.74) is 2.44. The average molecular weight is 520 g/mol. The number of anilines is 1. The fourth-order valence-electron chi connectivity index (χ4n) is 5.48. The lowest BCUT2D eigenvalue weighted by molar-refractivity contribution is 0.0947. The summed E-state index contributed by atoms with van der Waals surface area (Å²) in [6, 6.07) is 5.51. The largest absolute Gasteiger partial charge is 0.396 e. The molecule has 1 fully saturated rings. The van der Waals surface area contributed by atoms with E-state index in [2.05, 4.69) is 25.8 Å². The number of hydrogen-bond acceptors (Lipinski definition) is 6. The number of aliphatic hydroxyl groups is 1. The van der Waals surface area contributed by atoms with Gasteiger partial charge in [-0.3, -0.25) is 19.0 Å². The summed E-state index contributed by atoms with van der Waals surface area (Å²) in [6.45, 7) is 1.61. The number of carbonyl (C=O) groups is 2. The maximum atomic E-state index is 13.2. The predicted octanol–water partition coefficient (Wildman–Crippen LogP) is 4.20. The van der Waals surface area contributed by atoms with E-state index in [-0.39, 0.29) is 35.9 Å². The Labute approximate surface area is 222 Å². The monoisotopic (exact) mass is 519 g/mol. The summed E-state index contributed by atoms with van der Waals surface area (Å²) in [5, 5.41) is 24.2. The highest BCUT2D eigenvalue weighted by molar-refractivity contribution is 6.07. The van der Waals surface area contributed by atoms with Crippen LogP contribution in [0.5, 0.6) is 0 Å². The van der Waals surface area contributed by atoms with Crippen LogP contribution in [0.3, 0.4) is 0 Å². The van der Waals surface area contributed by atoms with E-state index in [0.717, 1.165) is 76.3 Å². The van der Waals surface area contributed by atoms with Crippen molar-refractivity contribution in [2.24, 2.45) is 5.92 Å². The second-order valence-corrected chi connectivity index (χ2v) is 10.4. The smallest absolute Gasteiger partial charge is 0.274 e. The first-order chi connectivity index (χ1) is 18.6. The number of aromatic nitrogens is 5. The maximum Gasteiger partial charge on any atom is 0.274 e. The van der Waals surface area contributed by atoms with Crippen molar-refractivity contribution in [1.29, 1.82) is 0 Å². The molecule has 2 aliphatic rings. The molecule has 38 heavy (non-hydrogen) atoms. The molecule has 0 spiro atoms. The molecule has 4 heterocycles. The summed E-state index contributed by atoms with van der Waals surface area (Å²) in [6.07, 6.45) is 15.4. The number of nitrogens with one attached hydrogen (secondary N) is 2. The number of rotatable bonds is 4. The zero-order valence-electron chi connectivity index (χ0n) is 21.8. The number of carbonyl (C=O) groups excluding carboxylic acids is 2. The Morgan fingerprint density at radius 3 is 2.63 bits per heavy atom. The van der Waals surface area contributed by atoms with E-state index in [4.69, 9.17) is 5.11 Å². The van der Waals surface area contributed by atoms with Crippen molar-refractivity contribution in [2.75, 3.05) is 18.5 Å². The fourth-order valence-corrected chi connectivity index (χ4v) is 5.48. The first-order valence-electron chi connectivity index (χ1n) is 13.9. The Balaban J connectivity index is 1.39. The van der Waals surface area contributed by atoms with Gasteiger partial charge in [-0.1, -0.05) is 18.9 Å². The van der Waals surface area contributed by atoms with Gasteiger partial charge >= 0.3 is 0 Å². The third-order valence-electron chi connectivity index (χ3n) is 7.67. The second-order valence-electron chi connectivity index (χ2n) is 10.4. The molecular formula is C28H37N7O3. The van der Waals surface area contributed by atoms with Gasteiger partial charge in [-0.15, -0.1) is 0 Å². The molecule has 5 rings (SSSR count). The zero-order valence-corrected chi connectivity index (χ0v) is 21.8. The summed E-state index contributed by atoms with van der Waals surface area (Å²) in [4.78, 5) is 31.0. The van der Waals surface area contributed by atoms with E-state index in [0.29, 0.717) is 23.8 Å². The van der Waals surface area contributed by atoms with Gasteiger partial charge in [0.05, 0.1) is 23.6 Å². The predicted molar refractivity (Wildman–Crippen MR) is 144 cm³/mol. The number of amides is 2. The summed E-state index contributed by atoms with van der Waals surface area (Å²) in [5.74, 6) is -0.0414. The van der Waals surface area contributed by atoms with Crippen LogP contribution >= 0.6 is 0 Å². The number of pyridine rings is 1. The van der Waals surface area contributed by atoms with E-state index >= 15 is 0 Å². The van der Waals surface area contributed by atoms with Crippen LogP contribution in [0.1, 0.15) is 91.2 Å². The molecule has 1 aliphatic carbocycles. The normalized spacial score (nSPS) is 21.1. The molecule has 2 amide bonds. The SMILES string of the molecule is O=C1Nc2cn(C3CCC(CCCO)CC3)nc2C(=O)NCCCCCCn2cc(cn2)-c2cccc1n2. The highest BCUT2D eigenvalue weighted by atomic mass is 16.3. The first-order valence-corrected chi connectivity index (χ1v) is 13.9. The summed E-state index contributed by atoms with van der Waals surface area (Å²) >= 11 is 0. The Morgan fingerprint density at radius 2 is 1.79 bits per heavy atom. The molecule has 0 radical (unpaired) electrons. The molecule has 0 saturated heterocycles. The quantitative estimate of drug-likeness (QED) is 0.474. The molecule has 1 saturated carbocycles. The van der Waals surface area contributed by atoms with Gasteiger partial charge in [0, 0.05) is 37.7 Å². The van der Waals surface area contributed by atoms with Crippen LogP contribution in [0.2, 0.25) is 0 Å². The van der Waals surface area contributed by atoms with Gasteiger partial charge in [0.25, 0.3) is 11.8 Å². The van der Waals surface area contributed by atoms with Crippen molar-refractivity contribution in [3.8, 4) is 11.3 Å².